The van der Waals surface area contributed by atoms with Crippen LogP contribution in [0.2, 0.25) is 0 Å². The maximum atomic E-state index is 10.9. The third-order valence-electron chi connectivity index (χ3n) is 3.25. The Kier molecular flexibility index (Phi) is 1.86. The van der Waals surface area contributed by atoms with Gasteiger partial charge in [0.25, 0.3) is 0 Å². The van der Waals surface area contributed by atoms with E-state index in [9.17, 15) is 4.79 Å². The zero-order valence-electron chi connectivity index (χ0n) is 7.25. The maximum absolute atomic E-state index is 10.9. The first kappa shape index (κ1) is 8.42. The average molecular weight is 186 g/mol. The molecular weight excluding hydrogens is 172 g/mol. The summed E-state index contributed by atoms with van der Waals surface area (Å²) in [5.74, 6) is 1.00. The molecule has 0 spiro atoms. The van der Waals surface area contributed by atoms with Crippen molar-refractivity contribution in [3.63, 3.8) is 0 Å². The molecule has 2 saturated carbocycles. The number of hydrogen-bond donors (Lipinski definition) is 1. The van der Waals surface area contributed by atoms with Crippen LogP contribution in [0.5, 0.6) is 0 Å². The molecule has 0 aromatic carbocycles. The lowest BCUT2D eigenvalue weighted by Crippen LogP contribution is -2.48. The lowest BCUT2D eigenvalue weighted by Gasteiger charge is -2.43. The van der Waals surface area contributed by atoms with Gasteiger partial charge in [-0.05, 0) is 43.8 Å². The lowest BCUT2D eigenvalue weighted by atomic mass is 9.71. The lowest BCUT2D eigenvalue weighted by molar-refractivity contribution is -0.143. The van der Waals surface area contributed by atoms with Gasteiger partial charge in [-0.3, -0.25) is 4.79 Å². The molecule has 68 valence electrons. The average Bonchev–Trinajstić information content (AvgIpc) is 2.68. The van der Waals surface area contributed by atoms with Crippen LogP contribution in [0.25, 0.3) is 0 Å². The number of carbonyl (C=O) groups is 1. The molecule has 3 heteroatoms. The molecule has 0 unspecified atom stereocenters. The van der Waals surface area contributed by atoms with Gasteiger partial charge in [-0.15, -0.1) is 11.8 Å². The first-order valence-electron chi connectivity index (χ1n) is 4.46. The predicted octanol–water partition coefficient (Wildman–Crippen LogP) is 1.99. The summed E-state index contributed by atoms with van der Waals surface area (Å²) in [6, 6.07) is 0. The fourth-order valence-electron chi connectivity index (χ4n) is 2.12. The molecule has 2 aliphatic rings. The Morgan fingerprint density at radius 1 is 1.42 bits per heavy atom. The van der Waals surface area contributed by atoms with Crippen molar-refractivity contribution in [1.82, 2.24) is 0 Å². The topological polar surface area (TPSA) is 37.3 Å². The van der Waals surface area contributed by atoms with Crippen molar-refractivity contribution < 1.29 is 9.90 Å². The molecule has 2 nitrogen and oxygen atoms in total. The maximum Gasteiger partial charge on any atom is 0.319 e. The highest BCUT2D eigenvalue weighted by Gasteiger charge is 2.54. The van der Waals surface area contributed by atoms with E-state index in [-0.39, 0.29) is 0 Å². The zero-order chi connectivity index (χ0) is 8.77. The number of rotatable bonds is 3. The summed E-state index contributed by atoms with van der Waals surface area (Å²) in [4.78, 5) is 10.9. The monoisotopic (exact) mass is 186 g/mol. The molecule has 2 rings (SSSR count). The second kappa shape index (κ2) is 2.66. The Labute approximate surface area is 76.7 Å². The first-order valence-corrected chi connectivity index (χ1v) is 5.69. The molecule has 0 aliphatic heterocycles. The molecule has 1 N–H and O–H groups in total. The molecule has 12 heavy (non-hydrogen) atoms. The third-order valence-corrected chi connectivity index (χ3v) is 4.54. The Balaban J connectivity index is 1.93. The van der Waals surface area contributed by atoms with Gasteiger partial charge in [0.2, 0.25) is 0 Å². The predicted molar refractivity (Wildman–Crippen MR) is 49.3 cm³/mol. The Morgan fingerprint density at radius 2 is 2.00 bits per heavy atom. The molecule has 0 aromatic rings. The molecule has 0 radical (unpaired) electrons. The van der Waals surface area contributed by atoms with E-state index in [2.05, 4.69) is 0 Å². The van der Waals surface area contributed by atoms with Crippen LogP contribution < -0.4 is 0 Å². The molecule has 0 aromatic heterocycles. The molecule has 2 aliphatic carbocycles. The Hall–Kier alpha value is -0.180. The van der Waals surface area contributed by atoms with Crippen molar-refractivity contribution in [1.29, 1.82) is 0 Å². The van der Waals surface area contributed by atoms with Gasteiger partial charge in [0.05, 0.1) is 0 Å². The molecule has 0 atom stereocenters. The summed E-state index contributed by atoms with van der Waals surface area (Å²) in [6.07, 6.45) is 6.42. The van der Waals surface area contributed by atoms with Crippen LogP contribution in [-0.4, -0.2) is 22.1 Å². The van der Waals surface area contributed by atoms with Crippen LogP contribution in [0.15, 0.2) is 0 Å². The fourth-order valence-corrected chi connectivity index (χ4v) is 3.05. The van der Waals surface area contributed by atoms with Crippen molar-refractivity contribution in [2.24, 2.45) is 11.8 Å². The van der Waals surface area contributed by atoms with E-state index in [4.69, 9.17) is 5.11 Å². The largest absolute Gasteiger partial charge is 0.480 e. The summed E-state index contributed by atoms with van der Waals surface area (Å²) in [7, 11) is 0. The zero-order valence-corrected chi connectivity index (χ0v) is 8.06. The number of aliphatic carboxylic acids is 1. The summed E-state index contributed by atoms with van der Waals surface area (Å²) >= 11 is 1.52. The van der Waals surface area contributed by atoms with Crippen molar-refractivity contribution in [3.05, 3.63) is 0 Å². The molecule has 2 fully saturated rings. The first-order chi connectivity index (χ1) is 5.68. The van der Waals surface area contributed by atoms with Crippen LogP contribution in [-0.2, 0) is 4.79 Å². The molecule has 0 heterocycles. The van der Waals surface area contributed by atoms with E-state index in [0.717, 1.165) is 24.7 Å². The minimum Gasteiger partial charge on any atom is -0.480 e. The van der Waals surface area contributed by atoms with E-state index in [1.807, 2.05) is 6.26 Å². The van der Waals surface area contributed by atoms with Gasteiger partial charge in [0.1, 0.15) is 4.75 Å². The summed E-state index contributed by atoms with van der Waals surface area (Å²) in [6.45, 7) is 0. The number of hydrogen-bond acceptors (Lipinski definition) is 2. The van der Waals surface area contributed by atoms with Crippen molar-refractivity contribution in [3.8, 4) is 0 Å². The summed E-state index contributed by atoms with van der Waals surface area (Å²) in [5, 5.41) is 8.98. The van der Waals surface area contributed by atoms with Crippen LogP contribution in [0.4, 0.5) is 0 Å². The van der Waals surface area contributed by atoms with Gasteiger partial charge in [0.15, 0.2) is 0 Å². The summed E-state index contributed by atoms with van der Waals surface area (Å²) in [5.41, 5.74) is 0. The minimum absolute atomic E-state index is 0.409. The normalized spacial score (nSPS) is 40.6. The molecule has 0 bridgehead atoms. The highest BCUT2D eigenvalue weighted by atomic mass is 32.2. The van der Waals surface area contributed by atoms with E-state index in [1.165, 1.54) is 24.6 Å². The highest BCUT2D eigenvalue weighted by molar-refractivity contribution is 8.00. The van der Waals surface area contributed by atoms with Gasteiger partial charge in [-0.2, -0.15) is 0 Å². The molecule has 0 amide bonds. The SMILES string of the molecule is CSC1(C(=O)O)CC(C2CC2)C1. The second-order valence-corrected chi connectivity index (χ2v) is 5.20. The fraction of sp³-hybridized carbons (Fsp3) is 0.889. The number of carboxylic acid groups (broad SMARTS) is 1. The van der Waals surface area contributed by atoms with Crippen LogP contribution in [0.1, 0.15) is 25.7 Å². The van der Waals surface area contributed by atoms with Gasteiger partial charge >= 0.3 is 5.97 Å². The molecule has 0 saturated heterocycles. The van der Waals surface area contributed by atoms with E-state index in [1.54, 1.807) is 0 Å². The van der Waals surface area contributed by atoms with Crippen LogP contribution in [0.3, 0.4) is 0 Å². The van der Waals surface area contributed by atoms with Gasteiger partial charge in [-0.1, -0.05) is 0 Å². The Bertz CT molecular complexity index is 205. The van der Waals surface area contributed by atoms with E-state index >= 15 is 0 Å². The van der Waals surface area contributed by atoms with Gasteiger partial charge < -0.3 is 5.11 Å². The summed E-state index contributed by atoms with van der Waals surface area (Å²) < 4.78 is -0.409. The quantitative estimate of drug-likeness (QED) is 0.732. The third kappa shape index (κ3) is 1.15. The van der Waals surface area contributed by atoms with E-state index < -0.39 is 10.7 Å². The van der Waals surface area contributed by atoms with Crippen molar-refractivity contribution >= 4 is 17.7 Å². The second-order valence-electron chi connectivity index (χ2n) is 4.01. The van der Waals surface area contributed by atoms with Crippen LogP contribution >= 0.6 is 11.8 Å². The van der Waals surface area contributed by atoms with E-state index in [0.29, 0.717) is 0 Å². The van der Waals surface area contributed by atoms with Crippen molar-refractivity contribution in [2.45, 2.75) is 30.4 Å². The standard InChI is InChI=1S/C9H14O2S/c1-12-9(8(10)11)4-7(5-9)6-2-3-6/h6-7H,2-5H2,1H3,(H,10,11). The number of carboxylic acids is 1. The Morgan fingerprint density at radius 3 is 2.33 bits per heavy atom. The minimum atomic E-state index is -0.605. The van der Waals surface area contributed by atoms with Crippen LogP contribution in [0, 0.1) is 11.8 Å². The number of thioether (sulfide) groups is 1. The van der Waals surface area contributed by atoms with Crippen molar-refractivity contribution in [2.75, 3.05) is 6.26 Å². The van der Waals surface area contributed by atoms with Gasteiger partial charge in [0, 0.05) is 0 Å². The van der Waals surface area contributed by atoms with Gasteiger partial charge in [-0.25, -0.2) is 0 Å². The highest BCUT2D eigenvalue weighted by Crippen LogP contribution is 2.56. The smallest absolute Gasteiger partial charge is 0.319 e. The molecular formula is C9H14O2S.